The summed E-state index contributed by atoms with van der Waals surface area (Å²) in [6.45, 7) is 3.70. The second-order valence-corrected chi connectivity index (χ2v) is 3.53. The highest BCUT2D eigenvalue weighted by Crippen LogP contribution is 2.12. The predicted octanol–water partition coefficient (Wildman–Crippen LogP) is 1.69. The number of aliphatic imine (C=N–C) groups is 1. The van der Waals surface area contributed by atoms with Gasteiger partial charge in [-0.05, 0) is 24.1 Å². The van der Waals surface area contributed by atoms with Gasteiger partial charge in [0, 0.05) is 18.3 Å². The Balaban J connectivity index is 1.97. The second-order valence-electron chi connectivity index (χ2n) is 3.53. The fourth-order valence-corrected chi connectivity index (χ4v) is 1.61. The molecule has 0 saturated heterocycles. The topological polar surface area (TPSA) is 34.5 Å². The average Bonchev–Trinajstić information content (AvgIpc) is 2.72. The maximum atomic E-state index is 5.42. The van der Waals surface area contributed by atoms with Gasteiger partial charge in [-0.2, -0.15) is 0 Å². The second kappa shape index (κ2) is 4.22. The first-order chi connectivity index (χ1) is 6.86. The van der Waals surface area contributed by atoms with Gasteiger partial charge in [0.05, 0.1) is 6.54 Å². The van der Waals surface area contributed by atoms with Crippen LogP contribution in [-0.2, 0) is 11.2 Å². The van der Waals surface area contributed by atoms with Gasteiger partial charge in [0.15, 0.2) is 5.90 Å². The maximum Gasteiger partial charge on any atom is 0.186 e. The van der Waals surface area contributed by atoms with Crippen LogP contribution in [0.1, 0.15) is 12.5 Å². The largest absolute Gasteiger partial charge is 0.479 e. The van der Waals surface area contributed by atoms with Gasteiger partial charge in [-0.1, -0.05) is 6.92 Å². The molecule has 1 aliphatic rings. The molecule has 0 N–H and O–H groups in total. The lowest BCUT2D eigenvalue weighted by Gasteiger charge is -2.10. The van der Waals surface area contributed by atoms with Gasteiger partial charge in [0.2, 0.25) is 0 Å². The van der Waals surface area contributed by atoms with E-state index in [1.165, 1.54) is 5.56 Å². The molecule has 3 nitrogen and oxygen atoms in total. The third-order valence-corrected chi connectivity index (χ3v) is 2.32. The molecule has 0 spiro atoms. The molecule has 0 aromatic carbocycles. The summed E-state index contributed by atoms with van der Waals surface area (Å²) < 4.78 is 5.42. The van der Waals surface area contributed by atoms with Crippen molar-refractivity contribution in [1.29, 1.82) is 0 Å². The van der Waals surface area contributed by atoms with Crippen LogP contribution in [0.25, 0.3) is 0 Å². The highest BCUT2D eigenvalue weighted by atomic mass is 16.5. The fraction of sp³-hybridized carbons (Fsp3) is 0.455. The summed E-state index contributed by atoms with van der Waals surface area (Å²) in [5, 5.41) is 0. The molecule has 0 saturated carbocycles. The monoisotopic (exact) mass is 190 g/mol. The van der Waals surface area contributed by atoms with Crippen LogP contribution >= 0.6 is 0 Å². The summed E-state index contributed by atoms with van der Waals surface area (Å²) in [4.78, 5) is 8.30. The van der Waals surface area contributed by atoms with E-state index in [9.17, 15) is 0 Å². The summed E-state index contributed by atoms with van der Waals surface area (Å²) in [7, 11) is 0. The molecule has 1 aromatic heterocycles. The Morgan fingerprint density at radius 2 is 2.21 bits per heavy atom. The number of ether oxygens (including phenoxy) is 1. The Bertz CT molecular complexity index is 321. The van der Waals surface area contributed by atoms with Crippen molar-refractivity contribution in [2.45, 2.75) is 13.3 Å². The van der Waals surface area contributed by atoms with Crippen molar-refractivity contribution in [2.24, 2.45) is 10.9 Å². The predicted molar refractivity (Wildman–Crippen MR) is 55.4 cm³/mol. The van der Waals surface area contributed by atoms with Gasteiger partial charge in [-0.3, -0.25) is 9.98 Å². The molecule has 14 heavy (non-hydrogen) atoms. The van der Waals surface area contributed by atoms with Crippen LogP contribution in [0.3, 0.4) is 0 Å². The zero-order valence-electron chi connectivity index (χ0n) is 8.31. The third-order valence-electron chi connectivity index (χ3n) is 2.32. The minimum absolute atomic E-state index is 0.375. The van der Waals surface area contributed by atoms with E-state index in [2.05, 4.69) is 16.9 Å². The first-order valence-corrected chi connectivity index (χ1v) is 4.92. The van der Waals surface area contributed by atoms with Crippen molar-refractivity contribution in [2.75, 3.05) is 13.2 Å². The highest BCUT2D eigenvalue weighted by molar-refractivity contribution is 5.79. The molecule has 0 bridgehead atoms. The van der Waals surface area contributed by atoms with E-state index >= 15 is 0 Å². The summed E-state index contributed by atoms with van der Waals surface area (Å²) >= 11 is 0. The van der Waals surface area contributed by atoms with Crippen molar-refractivity contribution in [1.82, 2.24) is 4.98 Å². The number of aromatic nitrogens is 1. The molecule has 3 heteroatoms. The van der Waals surface area contributed by atoms with E-state index in [-0.39, 0.29) is 0 Å². The molecule has 2 rings (SSSR count). The SMILES string of the molecule is CC(Cc1ccncc1)C1=NCCO1. The van der Waals surface area contributed by atoms with Gasteiger partial charge in [0.25, 0.3) is 0 Å². The zero-order valence-corrected chi connectivity index (χ0v) is 8.31. The van der Waals surface area contributed by atoms with Crippen molar-refractivity contribution in [3.63, 3.8) is 0 Å². The number of pyridine rings is 1. The van der Waals surface area contributed by atoms with Gasteiger partial charge in [0.1, 0.15) is 6.61 Å². The standard InChI is InChI=1S/C11H14N2O/c1-9(11-13-6-7-14-11)8-10-2-4-12-5-3-10/h2-5,9H,6-8H2,1H3. The average molecular weight is 190 g/mol. The normalized spacial score (nSPS) is 17.4. The van der Waals surface area contributed by atoms with Crippen LogP contribution in [0, 0.1) is 5.92 Å². The molecule has 1 aliphatic heterocycles. The first kappa shape index (κ1) is 9.19. The lowest BCUT2D eigenvalue weighted by molar-refractivity contribution is 0.324. The Kier molecular flexibility index (Phi) is 2.77. The van der Waals surface area contributed by atoms with E-state index in [4.69, 9.17) is 4.74 Å². The molecule has 0 radical (unpaired) electrons. The van der Waals surface area contributed by atoms with Gasteiger partial charge in [-0.25, -0.2) is 0 Å². The minimum Gasteiger partial charge on any atom is -0.479 e. The van der Waals surface area contributed by atoms with Gasteiger partial charge in [-0.15, -0.1) is 0 Å². The molecular formula is C11H14N2O. The third kappa shape index (κ3) is 2.10. The quantitative estimate of drug-likeness (QED) is 0.727. The molecule has 0 aliphatic carbocycles. The van der Waals surface area contributed by atoms with Crippen LogP contribution in [0.15, 0.2) is 29.5 Å². The Morgan fingerprint density at radius 1 is 1.43 bits per heavy atom. The summed E-state index contributed by atoms with van der Waals surface area (Å²) in [5.41, 5.74) is 1.28. The van der Waals surface area contributed by atoms with E-state index in [0.29, 0.717) is 5.92 Å². The molecule has 0 amide bonds. The van der Waals surface area contributed by atoms with Crippen molar-refractivity contribution >= 4 is 5.90 Å². The Hall–Kier alpha value is -1.38. The van der Waals surface area contributed by atoms with E-state index < -0.39 is 0 Å². The molecule has 74 valence electrons. The van der Waals surface area contributed by atoms with Crippen LogP contribution in [-0.4, -0.2) is 24.0 Å². The molecular weight excluding hydrogens is 176 g/mol. The van der Waals surface area contributed by atoms with E-state index in [1.54, 1.807) is 0 Å². The number of rotatable bonds is 3. The van der Waals surface area contributed by atoms with E-state index in [1.807, 2.05) is 24.5 Å². The van der Waals surface area contributed by atoms with E-state index in [0.717, 1.165) is 25.5 Å². The smallest absolute Gasteiger partial charge is 0.186 e. The molecule has 1 atom stereocenters. The lowest BCUT2D eigenvalue weighted by Crippen LogP contribution is -2.13. The van der Waals surface area contributed by atoms with Gasteiger partial charge < -0.3 is 4.74 Å². The lowest BCUT2D eigenvalue weighted by atomic mass is 10.0. The number of nitrogens with zero attached hydrogens (tertiary/aromatic N) is 2. The van der Waals surface area contributed by atoms with Crippen molar-refractivity contribution < 1.29 is 4.74 Å². The number of hydrogen-bond acceptors (Lipinski definition) is 3. The van der Waals surface area contributed by atoms with Crippen LogP contribution in [0.4, 0.5) is 0 Å². The summed E-state index contributed by atoms with van der Waals surface area (Å²) in [6, 6.07) is 4.07. The van der Waals surface area contributed by atoms with Crippen LogP contribution in [0.5, 0.6) is 0 Å². The minimum atomic E-state index is 0.375. The van der Waals surface area contributed by atoms with Crippen LogP contribution < -0.4 is 0 Å². The first-order valence-electron chi connectivity index (χ1n) is 4.92. The van der Waals surface area contributed by atoms with Crippen molar-refractivity contribution in [3.05, 3.63) is 30.1 Å². The van der Waals surface area contributed by atoms with Crippen molar-refractivity contribution in [3.8, 4) is 0 Å². The number of hydrogen-bond donors (Lipinski definition) is 0. The maximum absolute atomic E-state index is 5.42. The summed E-state index contributed by atoms with van der Waals surface area (Å²) in [6.07, 6.45) is 4.61. The molecule has 2 heterocycles. The Labute approximate surface area is 83.8 Å². The Morgan fingerprint density at radius 3 is 2.86 bits per heavy atom. The fourth-order valence-electron chi connectivity index (χ4n) is 1.61. The molecule has 1 unspecified atom stereocenters. The zero-order chi connectivity index (χ0) is 9.80. The summed E-state index contributed by atoms with van der Waals surface area (Å²) in [5.74, 6) is 1.28. The van der Waals surface area contributed by atoms with Gasteiger partial charge >= 0.3 is 0 Å². The highest BCUT2D eigenvalue weighted by Gasteiger charge is 2.15. The van der Waals surface area contributed by atoms with Crippen LogP contribution in [0.2, 0.25) is 0 Å². The molecule has 0 fully saturated rings. The molecule has 1 aromatic rings.